The van der Waals surface area contributed by atoms with Crippen LogP contribution in [0.15, 0.2) is 48.8 Å². The van der Waals surface area contributed by atoms with Crippen LogP contribution in [0.5, 0.6) is 0 Å². The SMILES string of the molecule is C=C/C(=C(\C)F)c1ccccc1. The van der Waals surface area contributed by atoms with Crippen LogP contribution in [-0.4, -0.2) is 0 Å². The van der Waals surface area contributed by atoms with Crippen molar-refractivity contribution in [3.8, 4) is 0 Å². The minimum Gasteiger partial charge on any atom is -0.211 e. The van der Waals surface area contributed by atoms with Gasteiger partial charge in [0.05, 0.1) is 0 Å². The van der Waals surface area contributed by atoms with Gasteiger partial charge in [-0.1, -0.05) is 43.0 Å². The Bertz CT molecular complexity index is 292. The fourth-order valence-electron chi connectivity index (χ4n) is 1.08. The second-order valence-electron chi connectivity index (χ2n) is 2.52. The highest BCUT2D eigenvalue weighted by Gasteiger charge is 1.99. The summed E-state index contributed by atoms with van der Waals surface area (Å²) in [6.45, 7) is 5.00. The van der Waals surface area contributed by atoms with Gasteiger partial charge in [-0.2, -0.15) is 0 Å². The lowest BCUT2D eigenvalue weighted by molar-refractivity contribution is 0.645. The third-order valence-electron chi connectivity index (χ3n) is 1.66. The summed E-state index contributed by atoms with van der Waals surface area (Å²) < 4.78 is 12.9. The van der Waals surface area contributed by atoms with Crippen LogP contribution in [0, 0.1) is 0 Å². The van der Waals surface area contributed by atoms with Crippen molar-refractivity contribution in [2.45, 2.75) is 6.92 Å². The molecule has 12 heavy (non-hydrogen) atoms. The van der Waals surface area contributed by atoms with Gasteiger partial charge in [-0.3, -0.25) is 0 Å². The Balaban J connectivity index is 3.14. The molecule has 0 amide bonds. The molecule has 0 aromatic heterocycles. The van der Waals surface area contributed by atoms with Gasteiger partial charge in [0.25, 0.3) is 0 Å². The van der Waals surface area contributed by atoms with Crippen LogP contribution in [0.25, 0.3) is 5.57 Å². The molecule has 0 heterocycles. The molecule has 0 spiro atoms. The zero-order valence-corrected chi connectivity index (χ0v) is 7.05. The fraction of sp³-hybridized carbons (Fsp3) is 0.0909. The van der Waals surface area contributed by atoms with Gasteiger partial charge >= 0.3 is 0 Å². The number of hydrogen-bond donors (Lipinski definition) is 0. The molecule has 0 fully saturated rings. The standard InChI is InChI=1S/C11H11F/c1-3-11(9(2)12)10-7-5-4-6-8-10/h3-8H,1H2,2H3/b11-9-. The van der Waals surface area contributed by atoms with E-state index in [4.69, 9.17) is 0 Å². The fourth-order valence-corrected chi connectivity index (χ4v) is 1.08. The minimum atomic E-state index is -0.198. The normalized spacial score (nSPS) is 12.2. The highest BCUT2D eigenvalue weighted by molar-refractivity contribution is 5.74. The Kier molecular flexibility index (Phi) is 2.81. The van der Waals surface area contributed by atoms with E-state index in [1.807, 2.05) is 30.3 Å². The Labute approximate surface area is 72.0 Å². The van der Waals surface area contributed by atoms with Crippen molar-refractivity contribution in [1.29, 1.82) is 0 Å². The van der Waals surface area contributed by atoms with Crippen LogP contribution < -0.4 is 0 Å². The molecule has 0 N–H and O–H groups in total. The summed E-state index contributed by atoms with van der Waals surface area (Å²) in [4.78, 5) is 0. The molecule has 1 rings (SSSR count). The quantitative estimate of drug-likeness (QED) is 0.583. The summed E-state index contributed by atoms with van der Waals surface area (Å²) in [7, 11) is 0. The smallest absolute Gasteiger partial charge is 0.105 e. The summed E-state index contributed by atoms with van der Waals surface area (Å²) >= 11 is 0. The molecule has 0 atom stereocenters. The molecule has 0 aliphatic rings. The van der Waals surface area contributed by atoms with Crippen LogP contribution in [0.4, 0.5) is 4.39 Å². The van der Waals surface area contributed by atoms with E-state index in [1.165, 1.54) is 13.0 Å². The summed E-state index contributed by atoms with van der Waals surface area (Å²) in [6, 6.07) is 9.38. The first-order valence-corrected chi connectivity index (χ1v) is 3.80. The average molecular weight is 162 g/mol. The average Bonchev–Trinajstić information content (AvgIpc) is 2.07. The van der Waals surface area contributed by atoms with Gasteiger partial charge < -0.3 is 0 Å². The van der Waals surface area contributed by atoms with Crippen molar-refractivity contribution in [1.82, 2.24) is 0 Å². The van der Waals surface area contributed by atoms with Gasteiger partial charge in [0.2, 0.25) is 0 Å². The van der Waals surface area contributed by atoms with E-state index in [0.717, 1.165) is 5.56 Å². The van der Waals surface area contributed by atoms with Crippen molar-refractivity contribution >= 4 is 5.57 Å². The number of halogens is 1. The van der Waals surface area contributed by atoms with E-state index in [2.05, 4.69) is 6.58 Å². The lowest BCUT2D eigenvalue weighted by Crippen LogP contribution is -1.80. The molecule has 0 radical (unpaired) electrons. The van der Waals surface area contributed by atoms with Gasteiger partial charge in [-0.05, 0) is 12.5 Å². The summed E-state index contributed by atoms with van der Waals surface area (Å²) in [5, 5.41) is 0. The largest absolute Gasteiger partial charge is 0.211 e. The maximum atomic E-state index is 12.9. The zero-order valence-electron chi connectivity index (χ0n) is 7.05. The molecule has 1 aromatic carbocycles. The summed E-state index contributed by atoms with van der Waals surface area (Å²) in [5.41, 5.74) is 1.43. The van der Waals surface area contributed by atoms with Crippen LogP contribution in [0.3, 0.4) is 0 Å². The second kappa shape index (κ2) is 3.86. The first-order chi connectivity index (χ1) is 5.75. The third-order valence-corrected chi connectivity index (χ3v) is 1.66. The van der Waals surface area contributed by atoms with E-state index in [0.29, 0.717) is 5.57 Å². The maximum Gasteiger partial charge on any atom is 0.105 e. The molecule has 0 saturated heterocycles. The van der Waals surface area contributed by atoms with Gasteiger partial charge in [0, 0.05) is 5.57 Å². The highest BCUT2D eigenvalue weighted by Crippen LogP contribution is 2.19. The van der Waals surface area contributed by atoms with Crippen molar-refractivity contribution < 1.29 is 4.39 Å². The van der Waals surface area contributed by atoms with Crippen molar-refractivity contribution in [2.75, 3.05) is 0 Å². The van der Waals surface area contributed by atoms with E-state index in [-0.39, 0.29) is 5.83 Å². The monoisotopic (exact) mass is 162 g/mol. The molecule has 62 valence electrons. The van der Waals surface area contributed by atoms with Crippen LogP contribution in [-0.2, 0) is 0 Å². The molecule has 0 aliphatic carbocycles. The molecular weight excluding hydrogens is 151 g/mol. The Morgan fingerprint density at radius 3 is 2.33 bits per heavy atom. The minimum absolute atomic E-state index is 0.198. The molecule has 0 nitrogen and oxygen atoms in total. The van der Waals surface area contributed by atoms with E-state index >= 15 is 0 Å². The topological polar surface area (TPSA) is 0 Å². The Morgan fingerprint density at radius 1 is 1.33 bits per heavy atom. The van der Waals surface area contributed by atoms with Crippen molar-refractivity contribution in [3.05, 3.63) is 54.4 Å². The lowest BCUT2D eigenvalue weighted by atomic mass is 10.1. The highest BCUT2D eigenvalue weighted by atomic mass is 19.1. The summed E-state index contributed by atoms with van der Waals surface area (Å²) in [6.07, 6.45) is 1.53. The van der Waals surface area contributed by atoms with E-state index < -0.39 is 0 Å². The lowest BCUT2D eigenvalue weighted by Gasteiger charge is -2.00. The number of rotatable bonds is 2. The van der Waals surface area contributed by atoms with Gasteiger partial charge in [0.1, 0.15) is 5.83 Å². The van der Waals surface area contributed by atoms with Crippen LogP contribution in [0.2, 0.25) is 0 Å². The first-order valence-electron chi connectivity index (χ1n) is 3.80. The molecule has 1 heteroatoms. The molecule has 0 bridgehead atoms. The zero-order chi connectivity index (χ0) is 8.97. The third kappa shape index (κ3) is 1.82. The van der Waals surface area contributed by atoms with Crippen LogP contribution >= 0.6 is 0 Å². The van der Waals surface area contributed by atoms with E-state index in [9.17, 15) is 4.39 Å². The van der Waals surface area contributed by atoms with Gasteiger partial charge in [-0.25, -0.2) is 4.39 Å². The van der Waals surface area contributed by atoms with Gasteiger partial charge in [-0.15, -0.1) is 0 Å². The van der Waals surface area contributed by atoms with Crippen molar-refractivity contribution in [2.24, 2.45) is 0 Å². The predicted molar refractivity (Wildman–Crippen MR) is 50.3 cm³/mol. The molecule has 1 aromatic rings. The maximum absolute atomic E-state index is 12.9. The number of benzene rings is 1. The van der Waals surface area contributed by atoms with Crippen molar-refractivity contribution in [3.63, 3.8) is 0 Å². The summed E-state index contributed by atoms with van der Waals surface area (Å²) in [5.74, 6) is -0.198. The molecule has 0 unspecified atom stereocenters. The first kappa shape index (κ1) is 8.72. The Hall–Kier alpha value is -1.37. The van der Waals surface area contributed by atoms with Crippen LogP contribution in [0.1, 0.15) is 12.5 Å². The molecular formula is C11H11F. The number of allylic oxidation sites excluding steroid dienone is 3. The molecule has 0 aliphatic heterocycles. The Morgan fingerprint density at radius 2 is 1.92 bits per heavy atom. The van der Waals surface area contributed by atoms with Gasteiger partial charge in [0.15, 0.2) is 0 Å². The predicted octanol–water partition coefficient (Wildman–Crippen LogP) is 3.57. The van der Waals surface area contributed by atoms with E-state index in [1.54, 1.807) is 0 Å². The number of hydrogen-bond acceptors (Lipinski definition) is 0. The molecule has 0 saturated carbocycles. The second-order valence-corrected chi connectivity index (χ2v) is 2.52.